The Kier molecular flexibility index (Phi) is 4.45. The molecular weight excluding hydrogens is 230 g/mol. The van der Waals surface area contributed by atoms with Crippen molar-refractivity contribution in [1.29, 1.82) is 0 Å². The van der Waals surface area contributed by atoms with Gasteiger partial charge in [-0.25, -0.2) is 18.1 Å². The SMILES string of the molecule is Cc1nc(CNS(=O)(=O)CCCN)oc1C. The number of nitrogens with two attached hydrogens (primary N) is 1. The van der Waals surface area contributed by atoms with E-state index >= 15 is 0 Å². The van der Waals surface area contributed by atoms with Gasteiger partial charge in [0.05, 0.1) is 18.0 Å². The molecule has 0 saturated heterocycles. The summed E-state index contributed by atoms with van der Waals surface area (Å²) < 4.78 is 30.5. The van der Waals surface area contributed by atoms with Crippen molar-refractivity contribution < 1.29 is 12.8 Å². The van der Waals surface area contributed by atoms with E-state index in [0.29, 0.717) is 24.6 Å². The predicted molar refractivity (Wildman–Crippen MR) is 60.3 cm³/mol. The molecule has 0 aliphatic rings. The second kappa shape index (κ2) is 5.42. The number of hydrogen-bond donors (Lipinski definition) is 2. The fraction of sp³-hybridized carbons (Fsp3) is 0.667. The molecule has 0 aliphatic heterocycles. The summed E-state index contributed by atoms with van der Waals surface area (Å²) in [4.78, 5) is 4.08. The highest BCUT2D eigenvalue weighted by Crippen LogP contribution is 2.08. The number of oxazole rings is 1. The van der Waals surface area contributed by atoms with Crippen LogP contribution >= 0.6 is 0 Å². The van der Waals surface area contributed by atoms with Gasteiger partial charge in [-0.3, -0.25) is 0 Å². The van der Waals surface area contributed by atoms with Gasteiger partial charge in [-0.15, -0.1) is 0 Å². The smallest absolute Gasteiger partial charge is 0.212 e. The van der Waals surface area contributed by atoms with E-state index in [9.17, 15) is 8.42 Å². The van der Waals surface area contributed by atoms with Crippen LogP contribution in [-0.4, -0.2) is 25.7 Å². The number of nitrogens with zero attached hydrogens (tertiary/aromatic N) is 1. The molecule has 0 saturated carbocycles. The number of hydrogen-bond acceptors (Lipinski definition) is 5. The zero-order chi connectivity index (χ0) is 12.2. The van der Waals surface area contributed by atoms with Crippen molar-refractivity contribution in [3.05, 3.63) is 17.3 Å². The van der Waals surface area contributed by atoms with Crippen molar-refractivity contribution in [1.82, 2.24) is 9.71 Å². The minimum Gasteiger partial charge on any atom is -0.444 e. The van der Waals surface area contributed by atoms with Crippen LogP contribution in [0.1, 0.15) is 23.8 Å². The molecule has 7 heteroatoms. The molecule has 0 atom stereocenters. The lowest BCUT2D eigenvalue weighted by Crippen LogP contribution is -2.27. The second-order valence-corrected chi connectivity index (χ2v) is 5.46. The molecule has 0 unspecified atom stereocenters. The molecule has 16 heavy (non-hydrogen) atoms. The molecule has 1 rings (SSSR count). The van der Waals surface area contributed by atoms with Crippen molar-refractivity contribution in [3.8, 4) is 0 Å². The molecule has 92 valence electrons. The molecule has 0 aromatic carbocycles. The van der Waals surface area contributed by atoms with Crippen LogP contribution < -0.4 is 10.5 Å². The van der Waals surface area contributed by atoms with Gasteiger partial charge >= 0.3 is 0 Å². The summed E-state index contributed by atoms with van der Waals surface area (Å²) in [6, 6.07) is 0. The molecule has 1 aromatic rings. The lowest BCUT2D eigenvalue weighted by molar-refractivity contribution is 0.463. The largest absolute Gasteiger partial charge is 0.444 e. The van der Waals surface area contributed by atoms with Crippen molar-refractivity contribution in [2.24, 2.45) is 5.73 Å². The van der Waals surface area contributed by atoms with Crippen molar-refractivity contribution in [2.75, 3.05) is 12.3 Å². The van der Waals surface area contributed by atoms with Crippen LogP contribution in [0.5, 0.6) is 0 Å². The molecule has 0 spiro atoms. The highest BCUT2D eigenvalue weighted by atomic mass is 32.2. The molecule has 3 N–H and O–H groups in total. The average molecular weight is 247 g/mol. The summed E-state index contributed by atoms with van der Waals surface area (Å²) in [7, 11) is -3.28. The van der Waals surface area contributed by atoms with Crippen LogP contribution in [0.15, 0.2) is 4.42 Å². The minimum atomic E-state index is -3.28. The normalized spacial score (nSPS) is 11.9. The highest BCUT2D eigenvalue weighted by molar-refractivity contribution is 7.89. The van der Waals surface area contributed by atoms with Gasteiger partial charge < -0.3 is 10.2 Å². The number of aromatic nitrogens is 1. The third kappa shape index (κ3) is 3.92. The molecule has 0 fully saturated rings. The van der Waals surface area contributed by atoms with Gasteiger partial charge in [0.2, 0.25) is 15.9 Å². The van der Waals surface area contributed by atoms with Gasteiger partial charge in [-0.05, 0) is 26.8 Å². The van der Waals surface area contributed by atoms with Crippen LogP contribution in [0.3, 0.4) is 0 Å². The Morgan fingerprint density at radius 2 is 2.12 bits per heavy atom. The van der Waals surface area contributed by atoms with E-state index in [1.165, 1.54) is 0 Å². The lowest BCUT2D eigenvalue weighted by Gasteiger charge is -2.03. The first kappa shape index (κ1) is 13.1. The number of sulfonamides is 1. The van der Waals surface area contributed by atoms with Crippen LogP contribution in [0.2, 0.25) is 0 Å². The van der Waals surface area contributed by atoms with Crippen LogP contribution in [0.25, 0.3) is 0 Å². The summed E-state index contributed by atoms with van der Waals surface area (Å²) in [5.41, 5.74) is 6.02. The Bertz CT molecular complexity index is 419. The minimum absolute atomic E-state index is 0.0299. The predicted octanol–water partition coefficient (Wildman–Crippen LogP) is 0.0596. The fourth-order valence-corrected chi connectivity index (χ4v) is 2.17. The number of aryl methyl sites for hydroxylation is 2. The third-order valence-electron chi connectivity index (χ3n) is 2.13. The standard InChI is InChI=1S/C9H17N3O3S/c1-7-8(2)15-9(12-7)6-11-16(13,14)5-3-4-10/h11H,3-6,10H2,1-2H3. The first-order valence-corrected chi connectivity index (χ1v) is 6.70. The average Bonchev–Trinajstić information content (AvgIpc) is 2.53. The summed E-state index contributed by atoms with van der Waals surface area (Å²) in [6.45, 7) is 4.04. The lowest BCUT2D eigenvalue weighted by atomic mass is 10.4. The molecule has 1 heterocycles. The highest BCUT2D eigenvalue weighted by Gasteiger charge is 2.12. The van der Waals surface area contributed by atoms with Gasteiger partial charge in [0, 0.05) is 0 Å². The zero-order valence-electron chi connectivity index (χ0n) is 9.49. The van der Waals surface area contributed by atoms with Gasteiger partial charge in [0.1, 0.15) is 5.76 Å². The third-order valence-corrected chi connectivity index (χ3v) is 3.54. The Morgan fingerprint density at radius 3 is 2.62 bits per heavy atom. The topological polar surface area (TPSA) is 98.2 Å². The van der Waals surface area contributed by atoms with Crippen molar-refractivity contribution >= 4 is 10.0 Å². The van der Waals surface area contributed by atoms with Gasteiger partial charge in [-0.1, -0.05) is 0 Å². The second-order valence-electron chi connectivity index (χ2n) is 3.53. The van der Waals surface area contributed by atoms with E-state index in [-0.39, 0.29) is 12.3 Å². The summed E-state index contributed by atoms with van der Waals surface area (Å²) in [6.07, 6.45) is 0.443. The van der Waals surface area contributed by atoms with E-state index in [1.54, 1.807) is 6.92 Å². The summed E-state index contributed by atoms with van der Waals surface area (Å²) in [5, 5.41) is 0. The van der Waals surface area contributed by atoms with E-state index < -0.39 is 10.0 Å². The van der Waals surface area contributed by atoms with E-state index in [2.05, 4.69) is 9.71 Å². The summed E-state index contributed by atoms with van der Waals surface area (Å²) in [5.74, 6) is 1.12. The molecular formula is C9H17N3O3S. The first-order valence-electron chi connectivity index (χ1n) is 5.05. The molecule has 1 aromatic heterocycles. The van der Waals surface area contributed by atoms with Crippen molar-refractivity contribution in [2.45, 2.75) is 26.8 Å². The number of nitrogens with one attached hydrogen (secondary N) is 1. The Labute approximate surface area is 95.3 Å². The molecule has 0 bridgehead atoms. The van der Waals surface area contributed by atoms with Gasteiger partial charge in [0.15, 0.2) is 0 Å². The fourth-order valence-electron chi connectivity index (χ4n) is 1.13. The van der Waals surface area contributed by atoms with Gasteiger partial charge in [0.25, 0.3) is 0 Å². The zero-order valence-corrected chi connectivity index (χ0v) is 10.3. The first-order chi connectivity index (χ1) is 7.44. The Balaban J connectivity index is 2.51. The van der Waals surface area contributed by atoms with Crippen molar-refractivity contribution in [3.63, 3.8) is 0 Å². The maximum Gasteiger partial charge on any atom is 0.212 e. The molecule has 0 aliphatic carbocycles. The Morgan fingerprint density at radius 1 is 1.44 bits per heavy atom. The maximum absolute atomic E-state index is 11.4. The molecule has 0 amide bonds. The maximum atomic E-state index is 11.4. The monoisotopic (exact) mass is 247 g/mol. The van der Waals surface area contributed by atoms with Gasteiger partial charge in [-0.2, -0.15) is 0 Å². The van der Waals surface area contributed by atoms with E-state index in [0.717, 1.165) is 5.69 Å². The molecule has 6 nitrogen and oxygen atoms in total. The van der Waals surface area contributed by atoms with Crippen LogP contribution in [-0.2, 0) is 16.6 Å². The number of rotatable bonds is 6. The summed E-state index contributed by atoms with van der Waals surface area (Å²) >= 11 is 0. The Hall–Kier alpha value is -0.920. The quantitative estimate of drug-likeness (QED) is 0.740. The van der Waals surface area contributed by atoms with Crippen LogP contribution in [0.4, 0.5) is 0 Å². The molecule has 0 radical (unpaired) electrons. The van der Waals surface area contributed by atoms with Crippen LogP contribution in [0, 0.1) is 13.8 Å². The van der Waals surface area contributed by atoms with E-state index in [4.69, 9.17) is 10.2 Å². The van der Waals surface area contributed by atoms with E-state index in [1.807, 2.05) is 6.92 Å².